The molecule has 0 saturated carbocycles. The molecule has 2 aromatic carbocycles. The summed E-state index contributed by atoms with van der Waals surface area (Å²) < 4.78 is 5.40. The number of benzene rings is 2. The van der Waals surface area contributed by atoms with E-state index in [0.29, 0.717) is 22.9 Å². The third kappa shape index (κ3) is 5.83. The Labute approximate surface area is 209 Å². The van der Waals surface area contributed by atoms with Crippen LogP contribution < -0.4 is 11.1 Å². The fourth-order valence-electron chi connectivity index (χ4n) is 4.23. The summed E-state index contributed by atoms with van der Waals surface area (Å²) in [5, 5.41) is 3.21. The number of carbonyl (C=O) groups is 2. The number of anilines is 2. The smallest absolute Gasteiger partial charge is 0.341 e. The number of aryl methyl sites for hydroxylation is 1. The van der Waals surface area contributed by atoms with E-state index in [1.165, 1.54) is 34.4 Å². The molecule has 0 aliphatic heterocycles. The van der Waals surface area contributed by atoms with E-state index in [0.717, 1.165) is 48.1 Å². The maximum absolute atomic E-state index is 13.7. The highest BCUT2D eigenvalue weighted by Gasteiger charge is 2.29. The van der Waals surface area contributed by atoms with Crippen LogP contribution in [-0.4, -0.2) is 18.5 Å². The van der Waals surface area contributed by atoms with E-state index in [4.69, 9.17) is 10.5 Å². The summed E-state index contributed by atoms with van der Waals surface area (Å²) in [5.74, 6) is -0.519. The number of nitrogens with two attached hydrogens (primary N) is 1. The topological polar surface area (TPSA) is 81.4 Å². The highest BCUT2D eigenvalue weighted by atomic mass is 32.2. The zero-order valence-corrected chi connectivity index (χ0v) is 21.0. The van der Waals surface area contributed by atoms with Crippen molar-refractivity contribution in [3.8, 4) is 0 Å². The third-order valence-corrected chi connectivity index (χ3v) is 8.30. The van der Waals surface area contributed by atoms with Crippen molar-refractivity contribution >= 4 is 45.7 Å². The summed E-state index contributed by atoms with van der Waals surface area (Å²) in [7, 11) is 0. The SMILES string of the molecule is CCOC(=O)c1c(NC(=O)C(Sc2cccc(N)c2)c2ccccc2)sc2c1CCCCCC2. The molecule has 1 aliphatic rings. The first-order valence-electron chi connectivity index (χ1n) is 11.8. The fraction of sp³-hybridized carbons (Fsp3) is 0.333. The molecule has 0 spiro atoms. The normalized spacial score (nSPS) is 14.4. The van der Waals surface area contributed by atoms with Gasteiger partial charge >= 0.3 is 5.97 Å². The molecule has 5 nitrogen and oxygen atoms in total. The molecule has 1 aromatic heterocycles. The molecule has 0 radical (unpaired) electrons. The number of ether oxygens (including phenoxy) is 1. The first-order chi connectivity index (χ1) is 16.6. The second-order valence-electron chi connectivity index (χ2n) is 8.31. The molecule has 4 rings (SSSR count). The predicted molar refractivity (Wildman–Crippen MR) is 141 cm³/mol. The minimum atomic E-state index is -0.497. The van der Waals surface area contributed by atoms with Crippen molar-refractivity contribution in [2.75, 3.05) is 17.7 Å². The van der Waals surface area contributed by atoms with Gasteiger partial charge in [-0.05, 0) is 61.9 Å². The predicted octanol–water partition coefficient (Wildman–Crippen LogP) is 6.64. The van der Waals surface area contributed by atoms with Gasteiger partial charge in [0, 0.05) is 15.5 Å². The Morgan fingerprint density at radius 1 is 1.06 bits per heavy atom. The van der Waals surface area contributed by atoms with Gasteiger partial charge in [-0.3, -0.25) is 4.79 Å². The number of esters is 1. The van der Waals surface area contributed by atoms with Crippen LogP contribution in [0.15, 0.2) is 59.5 Å². The van der Waals surface area contributed by atoms with Gasteiger partial charge < -0.3 is 15.8 Å². The van der Waals surface area contributed by atoms with Crippen LogP contribution in [0.2, 0.25) is 0 Å². The van der Waals surface area contributed by atoms with Crippen molar-refractivity contribution in [3.05, 3.63) is 76.2 Å². The highest BCUT2D eigenvalue weighted by molar-refractivity contribution is 8.00. The van der Waals surface area contributed by atoms with Gasteiger partial charge in [0.25, 0.3) is 0 Å². The van der Waals surface area contributed by atoms with E-state index < -0.39 is 5.25 Å². The van der Waals surface area contributed by atoms with E-state index in [2.05, 4.69) is 5.32 Å². The molecular formula is C27H30N2O3S2. The van der Waals surface area contributed by atoms with Crippen LogP contribution in [0.4, 0.5) is 10.7 Å². The number of carbonyl (C=O) groups excluding carboxylic acids is 2. The first-order valence-corrected chi connectivity index (χ1v) is 13.5. The fourth-order valence-corrected chi connectivity index (χ4v) is 6.60. The van der Waals surface area contributed by atoms with Crippen LogP contribution in [0, 0.1) is 0 Å². The molecule has 1 atom stereocenters. The number of nitrogens with one attached hydrogen (secondary N) is 1. The van der Waals surface area contributed by atoms with E-state index in [-0.39, 0.29) is 11.9 Å². The summed E-state index contributed by atoms with van der Waals surface area (Å²) in [6.45, 7) is 2.11. The zero-order chi connectivity index (χ0) is 23.9. The molecule has 0 saturated heterocycles. The van der Waals surface area contributed by atoms with Crippen molar-refractivity contribution in [3.63, 3.8) is 0 Å². The van der Waals surface area contributed by atoms with Gasteiger partial charge in [-0.25, -0.2) is 4.79 Å². The Kier molecular flexibility index (Phi) is 8.29. The first kappa shape index (κ1) is 24.4. The molecule has 34 heavy (non-hydrogen) atoms. The molecule has 0 bridgehead atoms. The Bertz CT molecular complexity index is 1140. The number of thiophene rings is 1. The van der Waals surface area contributed by atoms with Gasteiger partial charge in [0.15, 0.2) is 0 Å². The molecule has 1 unspecified atom stereocenters. The molecule has 1 heterocycles. The average molecular weight is 495 g/mol. The molecule has 178 valence electrons. The van der Waals surface area contributed by atoms with E-state index in [9.17, 15) is 9.59 Å². The second kappa shape index (κ2) is 11.6. The highest BCUT2D eigenvalue weighted by Crippen LogP contribution is 2.41. The Morgan fingerprint density at radius 3 is 2.56 bits per heavy atom. The van der Waals surface area contributed by atoms with Crippen LogP contribution in [-0.2, 0) is 22.4 Å². The maximum atomic E-state index is 13.7. The number of rotatable bonds is 7. The lowest BCUT2D eigenvalue weighted by Crippen LogP contribution is -2.20. The van der Waals surface area contributed by atoms with Crippen LogP contribution in [0.1, 0.15) is 64.2 Å². The molecular weight excluding hydrogens is 464 g/mol. The van der Waals surface area contributed by atoms with Crippen LogP contribution in [0.3, 0.4) is 0 Å². The number of thioether (sulfide) groups is 1. The Hall–Kier alpha value is -2.77. The molecule has 1 aliphatic carbocycles. The molecule has 7 heteroatoms. The van der Waals surface area contributed by atoms with Crippen molar-refractivity contribution in [1.82, 2.24) is 0 Å². The molecule has 3 aromatic rings. The van der Waals surface area contributed by atoms with E-state index in [1.54, 1.807) is 6.92 Å². The minimum Gasteiger partial charge on any atom is -0.462 e. The number of hydrogen-bond acceptors (Lipinski definition) is 6. The number of fused-ring (bicyclic) bond motifs is 1. The van der Waals surface area contributed by atoms with Gasteiger partial charge in [0.2, 0.25) is 5.91 Å². The van der Waals surface area contributed by atoms with E-state index >= 15 is 0 Å². The van der Waals surface area contributed by atoms with Crippen LogP contribution in [0.25, 0.3) is 0 Å². The van der Waals surface area contributed by atoms with Crippen molar-refractivity contribution < 1.29 is 14.3 Å². The lowest BCUT2D eigenvalue weighted by Gasteiger charge is -2.17. The van der Waals surface area contributed by atoms with Crippen molar-refractivity contribution in [1.29, 1.82) is 0 Å². The second-order valence-corrected chi connectivity index (χ2v) is 10.6. The van der Waals surface area contributed by atoms with Crippen LogP contribution in [0.5, 0.6) is 0 Å². The van der Waals surface area contributed by atoms with Crippen molar-refractivity contribution in [2.24, 2.45) is 0 Å². The summed E-state index contributed by atoms with van der Waals surface area (Å²) in [4.78, 5) is 28.7. The largest absolute Gasteiger partial charge is 0.462 e. The van der Waals surface area contributed by atoms with E-state index in [1.807, 2.05) is 54.6 Å². The quantitative estimate of drug-likeness (QED) is 0.219. The Balaban J connectivity index is 1.68. The summed E-state index contributed by atoms with van der Waals surface area (Å²) in [6.07, 6.45) is 6.27. The van der Waals surface area contributed by atoms with Gasteiger partial charge in [0.05, 0.1) is 12.2 Å². The molecule has 0 fully saturated rings. The van der Waals surface area contributed by atoms with Gasteiger partial charge in [0.1, 0.15) is 10.3 Å². The standard InChI is InChI=1S/C27H30N2O3S2/c1-2-32-27(31)23-21-15-8-3-4-9-16-22(21)34-26(23)29-25(30)24(18-11-6-5-7-12-18)33-20-14-10-13-19(28)17-20/h5-7,10-14,17,24H,2-4,8-9,15-16,28H2,1H3,(H,29,30). The minimum absolute atomic E-state index is 0.168. The number of hydrogen-bond donors (Lipinski definition) is 2. The lowest BCUT2D eigenvalue weighted by molar-refractivity contribution is -0.115. The summed E-state index contributed by atoms with van der Waals surface area (Å²) in [6, 6.07) is 17.2. The Morgan fingerprint density at radius 2 is 1.82 bits per heavy atom. The average Bonchev–Trinajstić information content (AvgIpc) is 3.14. The lowest BCUT2D eigenvalue weighted by atomic mass is 9.96. The zero-order valence-electron chi connectivity index (χ0n) is 19.3. The molecule has 1 amide bonds. The van der Waals surface area contributed by atoms with Gasteiger partial charge in [-0.15, -0.1) is 23.1 Å². The van der Waals surface area contributed by atoms with Crippen molar-refractivity contribution in [2.45, 2.75) is 55.6 Å². The number of nitrogen functional groups attached to an aromatic ring is 1. The van der Waals surface area contributed by atoms with Gasteiger partial charge in [-0.2, -0.15) is 0 Å². The van der Waals surface area contributed by atoms with Crippen LogP contribution >= 0.6 is 23.1 Å². The summed E-state index contributed by atoms with van der Waals surface area (Å²) in [5.41, 5.74) is 9.11. The monoisotopic (exact) mass is 494 g/mol. The van der Waals surface area contributed by atoms with Gasteiger partial charge in [-0.1, -0.05) is 49.2 Å². The maximum Gasteiger partial charge on any atom is 0.341 e. The summed E-state index contributed by atoms with van der Waals surface area (Å²) >= 11 is 2.97. The third-order valence-electron chi connectivity index (χ3n) is 5.84. The number of amides is 1. The molecule has 3 N–H and O–H groups in total.